The van der Waals surface area contributed by atoms with E-state index >= 15 is 0 Å². The molecule has 7 heteroatoms. The summed E-state index contributed by atoms with van der Waals surface area (Å²) in [5.74, 6) is 0.617. The molecule has 0 spiro atoms. The van der Waals surface area contributed by atoms with Crippen LogP contribution < -0.4 is 0 Å². The molecule has 0 bridgehead atoms. The van der Waals surface area contributed by atoms with Gasteiger partial charge in [-0.1, -0.05) is 18.2 Å². The number of fused-ring (bicyclic) bond motifs is 1. The van der Waals surface area contributed by atoms with Gasteiger partial charge >= 0.3 is 0 Å². The fraction of sp³-hybridized carbons (Fsp3) is 0.105. The van der Waals surface area contributed by atoms with Crippen molar-refractivity contribution in [3.05, 3.63) is 82.8 Å². The second-order valence-electron chi connectivity index (χ2n) is 5.78. The second kappa shape index (κ2) is 6.72. The summed E-state index contributed by atoms with van der Waals surface area (Å²) in [6, 6.07) is 16.2. The first-order valence-corrected chi connectivity index (χ1v) is 8.19. The second-order valence-corrected chi connectivity index (χ2v) is 5.78. The number of nitro groups is 1. The molecule has 3 heterocycles. The third kappa shape index (κ3) is 2.90. The van der Waals surface area contributed by atoms with Crippen molar-refractivity contribution in [1.29, 1.82) is 0 Å². The van der Waals surface area contributed by atoms with Gasteiger partial charge in [0, 0.05) is 37.1 Å². The molecule has 0 aliphatic carbocycles. The zero-order valence-corrected chi connectivity index (χ0v) is 13.8. The van der Waals surface area contributed by atoms with E-state index in [1.54, 1.807) is 24.5 Å². The molecule has 0 saturated heterocycles. The van der Waals surface area contributed by atoms with Crippen molar-refractivity contribution in [1.82, 2.24) is 19.5 Å². The Morgan fingerprint density at radius 2 is 1.77 bits per heavy atom. The number of non-ortho nitro benzene ring substituents is 1. The van der Waals surface area contributed by atoms with Gasteiger partial charge in [0.25, 0.3) is 5.69 Å². The van der Waals surface area contributed by atoms with E-state index in [-0.39, 0.29) is 10.6 Å². The van der Waals surface area contributed by atoms with Gasteiger partial charge in [0.1, 0.15) is 11.2 Å². The zero-order valence-electron chi connectivity index (χ0n) is 13.8. The molecule has 26 heavy (non-hydrogen) atoms. The number of nitrogens with zero attached hydrogens (tertiary/aromatic N) is 5. The molecule has 0 unspecified atom stereocenters. The predicted molar refractivity (Wildman–Crippen MR) is 97.6 cm³/mol. The molecule has 4 aromatic rings. The number of rotatable bonds is 5. The van der Waals surface area contributed by atoms with Gasteiger partial charge in [0.2, 0.25) is 0 Å². The highest BCUT2D eigenvalue weighted by molar-refractivity contribution is 5.88. The van der Waals surface area contributed by atoms with Crippen LogP contribution in [0.15, 0.2) is 67.0 Å². The average Bonchev–Trinajstić information content (AvgIpc) is 3.06. The quantitative estimate of drug-likeness (QED) is 0.407. The van der Waals surface area contributed by atoms with Crippen LogP contribution in [-0.4, -0.2) is 24.4 Å². The molecular formula is C19H15N5O2. The standard InChI is InChI=1S/C19H15N5O2/c25-24(26)17-9-5-8-15-18(17)23(13-10-14-6-1-3-11-20-14)19(22-15)16-7-2-4-12-21-16/h1-9,11-12H,10,13H2. The molecule has 4 rings (SSSR count). The van der Waals surface area contributed by atoms with E-state index in [1.165, 1.54) is 6.07 Å². The fourth-order valence-electron chi connectivity index (χ4n) is 2.99. The van der Waals surface area contributed by atoms with E-state index in [0.717, 1.165) is 5.69 Å². The van der Waals surface area contributed by atoms with Crippen molar-refractivity contribution in [2.24, 2.45) is 0 Å². The third-order valence-electron chi connectivity index (χ3n) is 4.15. The molecule has 0 aliphatic heterocycles. The van der Waals surface area contributed by atoms with Crippen LogP contribution in [0.3, 0.4) is 0 Å². The highest BCUT2D eigenvalue weighted by Crippen LogP contribution is 2.30. The van der Waals surface area contributed by atoms with E-state index in [4.69, 9.17) is 0 Å². The molecule has 0 saturated carbocycles. The molecule has 3 aromatic heterocycles. The van der Waals surface area contributed by atoms with Crippen molar-refractivity contribution >= 4 is 16.7 Å². The number of para-hydroxylation sites is 1. The van der Waals surface area contributed by atoms with Crippen LogP contribution in [0.2, 0.25) is 0 Å². The Morgan fingerprint density at radius 3 is 2.46 bits per heavy atom. The van der Waals surface area contributed by atoms with Crippen LogP contribution in [-0.2, 0) is 13.0 Å². The first-order valence-electron chi connectivity index (χ1n) is 8.19. The van der Waals surface area contributed by atoms with E-state index in [2.05, 4.69) is 15.0 Å². The van der Waals surface area contributed by atoms with Crippen molar-refractivity contribution in [3.8, 4) is 11.5 Å². The summed E-state index contributed by atoms with van der Waals surface area (Å²) in [5, 5.41) is 11.5. The first-order chi connectivity index (χ1) is 12.7. The highest BCUT2D eigenvalue weighted by Gasteiger charge is 2.21. The summed E-state index contributed by atoms with van der Waals surface area (Å²) >= 11 is 0. The minimum atomic E-state index is -0.372. The molecule has 0 amide bonds. The van der Waals surface area contributed by atoms with Gasteiger partial charge in [-0.3, -0.25) is 20.1 Å². The Kier molecular flexibility index (Phi) is 4.10. The Labute approximate surface area is 149 Å². The maximum absolute atomic E-state index is 11.5. The fourth-order valence-corrected chi connectivity index (χ4v) is 2.99. The third-order valence-corrected chi connectivity index (χ3v) is 4.15. The van der Waals surface area contributed by atoms with Gasteiger partial charge in [0.05, 0.1) is 10.4 Å². The lowest BCUT2D eigenvalue weighted by molar-refractivity contribution is -0.383. The van der Waals surface area contributed by atoms with Crippen molar-refractivity contribution in [2.45, 2.75) is 13.0 Å². The van der Waals surface area contributed by atoms with E-state index in [1.807, 2.05) is 41.0 Å². The Morgan fingerprint density at radius 1 is 0.962 bits per heavy atom. The highest BCUT2D eigenvalue weighted by atomic mass is 16.6. The van der Waals surface area contributed by atoms with Gasteiger partial charge in [0.15, 0.2) is 5.82 Å². The number of aromatic nitrogens is 4. The van der Waals surface area contributed by atoms with Crippen LogP contribution in [0, 0.1) is 10.1 Å². The van der Waals surface area contributed by atoms with Gasteiger partial charge < -0.3 is 4.57 Å². The lowest BCUT2D eigenvalue weighted by Gasteiger charge is -2.09. The summed E-state index contributed by atoms with van der Waals surface area (Å²) in [6.07, 6.45) is 4.06. The van der Waals surface area contributed by atoms with Crippen LogP contribution in [0.25, 0.3) is 22.6 Å². The largest absolute Gasteiger partial charge is 0.317 e. The SMILES string of the molecule is O=[N+]([O-])c1cccc2nc(-c3ccccn3)n(CCc3ccccn3)c12. The van der Waals surface area contributed by atoms with Crippen molar-refractivity contribution in [3.63, 3.8) is 0 Å². The number of hydrogen-bond donors (Lipinski definition) is 0. The molecule has 128 valence electrons. The molecule has 0 fully saturated rings. The normalized spacial score (nSPS) is 10.9. The molecule has 0 radical (unpaired) electrons. The van der Waals surface area contributed by atoms with Gasteiger partial charge in [-0.05, 0) is 30.3 Å². The number of imidazole rings is 1. The maximum Gasteiger partial charge on any atom is 0.295 e. The monoisotopic (exact) mass is 345 g/mol. The summed E-state index contributed by atoms with van der Waals surface area (Å²) in [5.41, 5.74) is 2.73. The Balaban J connectivity index is 1.87. The van der Waals surface area contributed by atoms with Crippen LogP contribution in [0.5, 0.6) is 0 Å². The first kappa shape index (κ1) is 15.9. The smallest absolute Gasteiger partial charge is 0.295 e. The number of nitro benzene ring substituents is 1. The lowest BCUT2D eigenvalue weighted by Crippen LogP contribution is -2.06. The maximum atomic E-state index is 11.5. The van der Waals surface area contributed by atoms with E-state index < -0.39 is 0 Å². The summed E-state index contributed by atoms with van der Waals surface area (Å²) < 4.78 is 1.87. The topological polar surface area (TPSA) is 86.7 Å². The van der Waals surface area contributed by atoms with Gasteiger partial charge in [-0.15, -0.1) is 0 Å². The predicted octanol–water partition coefficient (Wildman–Crippen LogP) is 3.64. The summed E-state index contributed by atoms with van der Waals surface area (Å²) in [4.78, 5) is 24.5. The lowest BCUT2D eigenvalue weighted by atomic mass is 10.2. The van der Waals surface area contributed by atoms with Crippen LogP contribution in [0.1, 0.15) is 5.69 Å². The average molecular weight is 345 g/mol. The van der Waals surface area contributed by atoms with Crippen LogP contribution in [0.4, 0.5) is 5.69 Å². The molecule has 0 aliphatic rings. The van der Waals surface area contributed by atoms with Crippen molar-refractivity contribution < 1.29 is 4.92 Å². The Bertz CT molecular complexity index is 1060. The number of aryl methyl sites for hydroxylation is 2. The van der Waals surface area contributed by atoms with Gasteiger partial charge in [-0.25, -0.2) is 4.98 Å². The minimum Gasteiger partial charge on any atom is -0.317 e. The molecular weight excluding hydrogens is 330 g/mol. The summed E-state index contributed by atoms with van der Waals surface area (Å²) in [6.45, 7) is 0.518. The van der Waals surface area contributed by atoms with Gasteiger partial charge in [-0.2, -0.15) is 0 Å². The molecule has 7 nitrogen and oxygen atoms in total. The summed E-state index contributed by atoms with van der Waals surface area (Å²) in [7, 11) is 0. The molecule has 1 aromatic carbocycles. The van der Waals surface area contributed by atoms with E-state index in [0.29, 0.717) is 35.5 Å². The molecule has 0 atom stereocenters. The number of benzene rings is 1. The number of pyridine rings is 2. The minimum absolute atomic E-state index is 0.0400. The van der Waals surface area contributed by atoms with Crippen LogP contribution >= 0.6 is 0 Å². The zero-order chi connectivity index (χ0) is 17.9. The van der Waals surface area contributed by atoms with Crippen molar-refractivity contribution in [2.75, 3.05) is 0 Å². The Hall–Kier alpha value is -3.61. The van der Waals surface area contributed by atoms with E-state index in [9.17, 15) is 10.1 Å². The molecule has 0 N–H and O–H groups in total. The number of hydrogen-bond acceptors (Lipinski definition) is 5.